The fraction of sp³-hybridized carbons (Fsp3) is 0.625. The molecule has 0 radical (unpaired) electrons. The van der Waals surface area contributed by atoms with Crippen molar-refractivity contribution < 1.29 is 4.74 Å². The van der Waals surface area contributed by atoms with Gasteiger partial charge in [0.1, 0.15) is 5.75 Å². The minimum Gasteiger partial charge on any atom is -0.497 e. The molecule has 2 N–H and O–H groups in total. The molecule has 19 heavy (non-hydrogen) atoms. The summed E-state index contributed by atoms with van der Waals surface area (Å²) in [6, 6.07) is 10.1. The number of rotatable bonds is 3. The molecule has 0 saturated carbocycles. The standard InChI is InChI=1S/C16H24N2O/c1-18-12-6-7-16(18)14(15(17)10-12)9-11-4-3-5-13(8-11)19-2/h3-5,8,12,14-16H,6-7,9-10,17H2,1-2H3/t12-,14-,15+,16-/m1/s1. The first-order valence-corrected chi connectivity index (χ1v) is 7.29. The molecule has 0 amide bonds. The normalized spacial score (nSPS) is 34.5. The maximum Gasteiger partial charge on any atom is 0.119 e. The van der Waals surface area contributed by atoms with Crippen LogP contribution < -0.4 is 10.5 Å². The summed E-state index contributed by atoms with van der Waals surface area (Å²) in [6.07, 6.45) is 4.86. The Morgan fingerprint density at radius 2 is 2.21 bits per heavy atom. The number of nitrogens with zero attached hydrogens (tertiary/aromatic N) is 1. The van der Waals surface area contributed by atoms with Crippen LogP contribution in [-0.2, 0) is 6.42 Å². The predicted molar refractivity (Wildman–Crippen MR) is 77.4 cm³/mol. The maximum absolute atomic E-state index is 6.42. The van der Waals surface area contributed by atoms with E-state index < -0.39 is 0 Å². The number of hydrogen-bond acceptors (Lipinski definition) is 3. The molecule has 4 atom stereocenters. The van der Waals surface area contributed by atoms with E-state index in [2.05, 4.69) is 30.1 Å². The van der Waals surface area contributed by atoms with Crippen molar-refractivity contribution in [1.82, 2.24) is 4.90 Å². The van der Waals surface area contributed by atoms with Crippen molar-refractivity contribution in [1.29, 1.82) is 0 Å². The average Bonchev–Trinajstić information content (AvgIpc) is 2.68. The van der Waals surface area contributed by atoms with Crippen molar-refractivity contribution in [3.05, 3.63) is 29.8 Å². The van der Waals surface area contributed by atoms with Crippen molar-refractivity contribution in [3.63, 3.8) is 0 Å². The Bertz CT molecular complexity index is 448. The maximum atomic E-state index is 6.42. The third kappa shape index (κ3) is 2.37. The fourth-order valence-corrected chi connectivity index (χ4v) is 3.97. The van der Waals surface area contributed by atoms with Crippen molar-refractivity contribution >= 4 is 0 Å². The van der Waals surface area contributed by atoms with Gasteiger partial charge in [0.05, 0.1) is 7.11 Å². The van der Waals surface area contributed by atoms with Crippen LogP contribution in [0.25, 0.3) is 0 Å². The average molecular weight is 260 g/mol. The van der Waals surface area contributed by atoms with E-state index in [0.29, 0.717) is 18.0 Å². The monoisotopic (exact) mass is 260 g/mol. The Morgan fingerprint density at radius 3 is 3.00 bits per heavy atom. The number of nitrogens with two attached hydrogens (primary N) is 1. The highest BCUT2D eigenvalue weighted by molar-refractivity contribution is 5.29. The topological polar surface area (TPSA) is 38.5 Å². The van der Waals surface area contributed by atoms with E-state index in [-0.39, 0.29) is 0 Å². The molecule has 3 nitrogen and oxygen atoms in total. The second-order valence-corrected chi connectivity index (χ2v) is 6.08. The Kier molecular flexibility index (Phi) is 3.50. The Hall–Kier alpha value is -1.06. The first-order valence-electron chi connectivity index (χ1n) is 7.29. The van der Waals surface area contributed by atoms with E-state index >= 15 is 0 Å². The summed E-state index contributed by atoms with van der Waals surface area (Å²) in [7, 11) is 3.99. The molecular formula is C16H24N2O. The molecule has 3 heteroatoms. The zero-order valence-corrected chi connectivity index (χ0v) is 11.9. The summed E-state index contributed by atoms with van der Waals surface area (Å²) in [6.45, 7) is 0. The summed E-state index contributed by atoms with van der Waals surface area (Å²) in [5, 5.41) is 0. The summed E-state index contributed by atoms with van der Waals surface area (Å²) < 4.78 is 5.31. The molecule has 2 fully saturated rings. The van der Waals surface area contributed by atoms with Gasteiger partial charge in [0.2, 0.25) is 0 Å². The van der Waals surface area contributed by atoms with Gasteiger partial charge in [-0.25, -0.2) is 0 Å². The third-order valence-electron chi connectivity index (χ3n) is 5.09. The zero-order chi connectivity index (χ0) is 13.4. The van der Waals surface area contributed by atoms with Crippen LogP contribution in [-0.4, -0.2) is 37.2 Å². The molecular weight excluding hydrogens is 236 g/mol. The minimum absolute atomic E-state index is 0.347. The van der Waals surface area contributed by atoms with Gasteiger partial charge < -0.3 is 15.4 Å². The number of methoxy groups -OCH3 is 1. The molecule has 2 bridgehead atoms. The van der Waals surface area contributed by atoms with Gasteiger partial charge in [-0.05, 0) is 56.3 Å². The predicted octanol–water partition coefficient (Wildman–Crippen LogP) is 2.05. The van der Waals surface area contributed by atoms with Gasteiger partial charge in [-0.15, -0.1) is 0 Å². The molecule has 2 aliphatic rings. The molecule has 0 spiro atoms. The molecule has 0 aromatic heterocycles. The van der Waals surface area contributed by atoms with Crippen LogP contribution in [0.2, 0.25) is 0 Å². The SMILES string of the molecule is COc1cccc(C[C@H]2[C@H]3CC[C@H](C[C@@H]2N)N3C)c1. The molecule has 2 heterocycles. The molecule has 0 unspecified atom stereocenters. The second kappa shape index (κ2) is 5.14. The van der Waals surface area contributed by atoms with Crippen molar-refractivity contribution in [2.75, 3.05) is 14.2 Å². The number of benzene rings is 1. The van der Waals surface area contributed by atoms with Crippen LogP contribution in [0.5, 0.6) is 5.75 Å². The second-order valence-electron chi connectivity index (χ2n) is 6.08. The molecule has 1 aromatic rings. The van der Waals surface area contributed by atoms with E-state index in [1.807, 2.05) is 6.07 Å². The minimum atomic E-state index is 0.347. The van der Waals surface area contributed by atoms with Gasteiger partial charge in [0.15, 0.2) is 0 Å². The highest BCUT2D eigenvalue weighted by Crippen LogP contribution is 2.39. The first kappa shape index (κ1) is 12.9. The molecule has 0 aliphatic carbocycles. The van der Waals surface area contributed by atoms with Crippen LogP contribution in [0.3, 0.4) is 0 Å². The largest absolute Gasteiger partial charge is 0.497 e. The van der Waals surface area contributed by atoms with Crippen molar-refractivity contribution in [3.8, 4) is 5.75 Å². The van der Waals surface area contributed by atoms with E-state index in [9.17, 15) is 0 Å². The fourth-order valence-electron chi connectivity index (χ4n) is 3.97. The van der Waals surface area contributed by atoms with Gasteiger partial charge >= 0.3 is 0 Å². The Morgan fingerprint density at radius 1 is 1.37 bits per heavy atom. The van der Waals surface area contributed by atoms with Gasteiger partial charge in [-0.1, -0.05) is 12.1 Å². The third-order valence-corrected chi connectivity index (χ3v) is 5.09. The van der Waals surface area contributed by atoms with E-state index in [0.717, 1.165) is 24.6 Å². The summed E-state index contributed by atoms with van der Waals surface area (Å²) >= 11 is 0. The Balaban J connectivity index is 1.77. The van der Waals surface area contributed by atoms with Gasteiger partial charge in [0.25, 0.3) is 0 Å². The lowest BCUT2D eigenvalue weighted by molar-refractivity contribution is 0.102. The quantitative estimate of drug-likeness (QED) is 0.904. The summed E-state index contributed by atoms with van der Waals surface area (Å²) in [5.74, 6) is 1.52. The van der Waals surface area contributed by atoms with Crippen molar-refractivity contribution in [2.24, 2.45) is 11.7 Å². The lowest BCUT2D eigenvalue weighted by Gasteiger charge is -2.41. The number of ether oxygens (including phenoxy) is 1. The molecule has 3 rings (SSSR count). The highest BCUT2D eigenvalue weighted by Gasteiger charge is 2.43. The van der Waals surface area contributed by atoms with Gasteiger partial charge in [0, 0.05) is 18.1 Å². The Labute approximate surface area is 115 Å². The van der Waals surface area contributed by atoms with E-state index in [1.165, 1.54) is 18.4 Å². The summed E-state index contributed by atoms with van der Waals surface area (Å²) in [4.78, 5) is 2.56. The number of piperidine rings is 1. The zero-order valence-electron chi connectivity index (χ0n) is 11.9. The number of fused-ring (bicyclic) bond motifs is 2. The molecule has 104 valence electrons. The number of hydrogen-bond donors (Lipinski definition) is 1. The van der Waals surface area contributed by atoms with Crippen LogP contribution in [0.15, 0.2) is 24.3 Å². The van der Waals surface area contributed by atoms with Crippen molar-refractivity contribution in [2.45, 2.75) is 43.8 Å². The molecule has 1 aromatic carbocycles. The van der Waals surface area contributed by atoms with Crippen LogP contribution in [0.1, 0.15) is 24.8 Å². The van der Waals surface area contributed by atoms with Gasteiger partial charge in [-0.2, -0.15) is 0 Å². The van der Waals surface area contributed by atoms with Crippen LogP contribution in [0.4, 0.5) is 0 Å². The first-order chi connectivity index (χ1) is 9.19. The van der Waals surface area contributed by atoms with Crippen LogP contribution >= 0.6 is 0 Å². The van der Waals surface area contributed by atoms with Crippen LogP contribution in [0, 0.1) is 5.92 Å². The molecule has 2 saturated heterocycles. The highest BCUT2D eigenvalue weighted by atomic mass is 16.5. The van der Waals surface area contributed by atoms with E-state index in [4.69, 9.17) is 10.5 Å². The van der Waals surface area contributed by atoms with E-state index in [1.54, 1.807) is 7.11 Å². The lowest BCUT2D eigenvalue weighted by Crippen LogP contribution is -2.53. The van der Waals surface area contributed by atoms with Gasteiger partial charge in [-0.3, -0.25) is 0 Å². The molecule has 2 aliphatic heterocycles. The lowest BCUT2D eigenvalue weighted by atomic mass is 9.82. The summed E-state index contributed by atoms with van der Waals surface area (Å²) in [5.41, 5.74) is 7.77. The smallest absolute Gasteiger partial charge is 0.119 e.